The van der Waals surface area contributed by atoms with E-state index in [9.17, 15) is 9.59 Å². The summed E-state index contributed by atoms with van der Waals surface area (Å²) in [6.45, 7) is 5.03. The van der Waals surface area contributed by atoms with Crippen LogP contribution in [-0.4, -0.2) is 41.4 Å². The summed E-state index contributed by atoms with van der Waals surface area (Å²) in [6.07, 6.45) is 2.54. The monoisotopic (exact) mass is 413 g/mol. The van der Waals surface area contributed by atoms with Crippen molar-refractivity contribution < 1.29 is 9.59 Å². The molecule has 2 N–H and O–H groups in total. The van der Waals surface area contributed by atoms with E-state index in [1.165, 1.54) is 0 Å². The van der Waals surface area contributed by atoms with Crippen LogP contribution in [0.5, 0.6) is 0 Å². The molecule has 3 rings (SSSR count). The van der Waals surface area contributed by atoms with Crippen LogP contribution in [0.2, 0.25) is 5.02 Å². The number of likely N-dealkylation sites (tertiary alicyclic amines) is 1. The van der Waals surface area contributed by atoms with Gasteiger partial charge in [0.15, 0.2) is 0 Å². The van der Waals surface area contributed by atoms with Crippen LogP contribution in [0.15, 0.2) is 54.6 Å². The second-order valence-corrected chi connectivity index (χ2v) is 8.49. The van der Waals surface area contributed by atoms with Gasteiger partial charge in [0.05, 0.1) is 10.7 Å². The Hall–Kier alpha value is -2.53. The zero-order chi connectivity index (χ0) is 20.9. The van der Waals surface area contributed by atoms with Gasteiger partial charge in [-0.2, -0.15) is 0 Å². The van der Waals surface area contributed by atoms with E-state index in [1.807, 2.05) is 56.3 Å². The molecule has 2 aromatic carbocycles. The molecule has 5 nitrogen and oxygen atoms in total. The minimum atomic E-state index is -0.437. The van der Waals surface area contributed by atoms with Crippen molar-refractivity contribution in [3.63, 3.8) is 0 Å². The Bertz CT molecular complexity index is 854. The van der Waals surface area contributed by atoms with E-state index in [0.29, 0.717) is 30.1 Å². The number of nitrogens with zero attached hydrogens (tertiary/aromatic N) is 1. The predicted octanol–water partition coefficient (Wildman–Crippen LogP) is 4.34. The quantitative estimate of drug-likeness (QED) is 0.740. The molecule has 0 aromatic heterocycles. The lowest BCUT2D eigenvalue weighted by Gasteiger charge is -2.36. The first kappa shape index (κ1) is 21.2. The summed E-state index contributed by atoms with van der Waals surface area (Å²) in [6, 6.07) is 16.2. The van der Waals surface area contributed by atoms with Crippen LogP contribution < -0.4 is 10.6 Å². The number of nitrogens with one attached hydrogen (secondary N) is 2. The Morgan fingerprint density at radius 2 is 1.76 bits per heavy atom. The van der Waals surface area contributed by atoms with Crippen molar-refractivity contribution in [2.75, 3.05) is 18.4 Å². The third-order valence-corrected chi connectivity index (χ3v) is 5.47. The van der Waals surface area contributed by atoms with Crippen LogP contribution in [0.25, 0.3) is 0 Å². The number of halogens is 1. The van der Waals surface area contributed by atoms with Crippen molar-refractivity contribution in [2.24, 2.45) is 0 Å². The Labute approximate surface area is 177 Å². The average molecular weight is 414 g/mol. The molecule has 1 unspecified atom stereocenters. The molecular formula is C23H28ClN3O2. The zero-order valence-corrected chi connectivity index (χ0v) is 17.7. The van der Waals surface area contributed by atoms with Gasteiger partial charge in [-0.05, 0) is 57.4 Å². The maximum atomic E-state index is 13.0. The topological polar surface area (TPSA) is 61.4 Å². The van der Waals surface area contributed by atoms with E-state index in [4.69, 9.17) is 11.6 Å². The molecule has 154 valence electrons. The van der Waals surface area contributed by atoms with Crippen molar-refractivity contribution in [1.82, 2.24) is 10.2 Å². The zero-order valence-electron chi connectivity index (χ0n) is 17.0. The van der Waals surface area contributed by atoms with E-state index in [-0.39, 0.29) is 11.8 Å². The highest BCUT2D eigenvalue weighted by Crippen LogP contribution is 2.24. The molecule has 29 heavy (non-hydrogen) atoms. The van der Waals surface area contributed by atoms with Gasteiger partial charge in [0, 0.05) is 24.2 Å². The van der Waals surface area contributed by atoms with E-state index in [1.54, 1.807) is 17.0 Å². The Balaban J connectivity index is 1.63. The Morgan fingerprint density at radius 1 is 1.07 bits per heavy atom. The SMILES string of the molecule is CC(C)(CNC(=O)C1CCCCN1C(=O)c1ccccc1)Nc1ccccc1Cl. The number of anilines is 1. The standard InChI is InChI=1S/C23H28ClN3O2/c1-23(2,26-19-13-7-6-12-18(19)24)16-25-21(28)20-14-8-9-15-27(20)22(29)17-10-4-3-5-11-17/h3-7,10-13,20,26H,8-9,14-16H2,1-2H3,(H,25,28). The van der Waals surface area contributed by atoms with Crippen LogP contribution in [0, 0.1) is 0 Å². The minimum Gasteiger partial charge on any atom is -0.377 e. The molecule has 1 aliphatic heterocycles. The fourth-order valence-corrected chi connectivity index (χ4v) is 3.77. The van der Waals surface area contributed by atoms with E-state index < -0.39 is 11.6 Å². The molecule has 1 atom stereocenters. The molecule has 0 saturated carbocycles. The largest absolute Gasteiger partial charge is 0.377 e. The maximum absolute atomic E-state index is 13.0. The van der Waals surface area contributed by atoms with Gasteiger partial charge in [-0.25, -0.2) is 0 Å². The van der Waals surface area contributed by atoms with Gasteiger partial charge >= 0.3 is 0 Å². The highest BCUT2D eigenvalue weighted by atomic mass is 35.5. The molecule has 2 aromatic rings. The van der Waals surface area contributed by atoms with Crippen molar-refractivity contribution in [3.8, 4) is 0 Å². The van der Waals surface area contributed by atoms with E-state index >= 15 is 0 Å². The highest BCUT2D eigenvalue weighted by Gasteiger charge is 2.33. The smallest absolute Gasteiger partial charge is 0.254 e. The summed E-state index contributed by atoms with van der Waals surface area (Å²) in [4.78, 5) is 27.6. The molecule has 0 bridgehead atoms. The van der Waals surface area contributed by atoms with Crippen LogP contribution in [-0.2, 0) is 4.79 Å². The lowest BCUT2D eigenvalue weighted by atomic mass is 9.99. The Kier molecular flexibility index (Phi) is 6.80. The van der Waals surface area contributed by atoms with E-state index in [0.717, 1.165) is 18.5 Å². The minimum absolute atomic E-state index is 0.0843. The van der Waals surface area contributed by atoms with Crippen LogP contribution in [0.1, 0.15) is 43.5 Å². The summed E-state index contributed by atoms with van der Waals surface area (Å²) in [5, 5.41) is 7.05. The molecule has 1 aliphatic rings. The first-order valence-electron chi connectivity index (χ1n) is 10.0. The van der Waals surface area contributed by atoms with Crippen molar-refractivity contribution in [2.45, 2.75) is 44.7 Å². The fourth-order valence-electron chi connectivity index (χ4n) is 3.59. The molecule has 2 amide bonds. The first-order valence-corrected chi connectivity index (χ1v) is 10.4. The average Bonchev–Trinajstić information content (AvgIpc) is 2.74. The predicted molar refractivity (Wildman–Crippen MR) is 117 cm³/mol. The molecule has 1 fully saturated rings. The van der Waals surface area contributed by atoms with Crippen LogP contribution >= 0.6 is 11.6 Å². The summed E-state index contributed by atoms with van der Waals surface area (Å²) in [7, 11) is 0. The number of hydrogen-bond acceptors (Lipinski definition) is 3. The Morgan fingerprint density at radius 3 is 2.48 bits per heavy atom. The number of rotatable bonds is 6. The van der Waals surface area contributed by atoms with Crippen molar-refractivity contribution >= 4 is 29.1 Å². The molecule has 0 radical (unpaired) electrons. The summed E-state index contributed by atoms with van der Waals surface area (Å²) in [5.41, 5.74) is 1.05. The van der Waals surface area contributed by atoms with Gasteiger partial charge in [0.2, 0.25) is 5.91 Å². The number of piperidine rings is 1. The van der Waals surface area contributed by atoms with Gasteiger partial charge in [-0.15, -0.1) is 0 Å². The summed E-state index contributed by atoms with van der Waals surface area (Å²) < 4.78 is 0. The van der Waals surface area contributed by atoms with Crippen LogP contribution in [0.3, 0.4) is 0 Å². The number of para-hydroxylation sites is 1. The lowest BCUT2D eigenvalue weighted by molar-refractivity contribution is -0.126. The second-order valence-electron chi connectivity index (χ2n) is 8.08. The second kappa shape index (κ2) is 9.31. The van der Waals surface area contributed by atoms with Gasteiger partial charge in [-0.3, -0.25) is 9.59 Å². The van der Waals surface area contributed by atoms with Gasteiger partial charge in [0.1, 0.15) is 6.04 Å². The van der Waals surface area contributed by atoms with Gasteiger partial charge in [0.25, 0.3) is 5.91 Å². The van der Waals surface area contributed by atoms with Crippen molar-refractivity contribution in [3.05, 3.63) is 65.2 Å². The molecular weight excluding hydrogens is 386 g/mol. The molecule has 1 saturated heterocycles. The maximum Gasteiger partial charge on any atom is 0.254 e. The third-order valence-electron chi connectivity index (χ3n) is 5.14. The summed E-state index contributed by atoms with van der Waals surface area (Å²) in [5.74, 6) is -0.193. The molecule has 0 aliphatic carbocycles. The summed E-state index contributed by atoms with van der Waals surface area (Å²) >= 11 is 6.23. The first-order chi connectivity index (χ1) is 13.9. The third kappa shape index (κ3) is 5.51. The normalized spacial score (nSPS) is 16.9. The number of carbonyl (C=O) groups excluding carboxylic acids is 2. The van der Waals surface area contributed by atoms with Crippen LogP contribution in [0.4, 0.5) is 5.69 Å². The molecule has 6 heteroatoms. The number of amides is 2. The van der Waals surface area contributed by atoms with Crippen molar-refractivity contribution in [1.29, 1.82) is 0 Å². The number of carbonyl (C=O) groups is 2. The molecule has 0 spiro atoms. The van der Waals surface area contributed by atoms with Gasteiger partial charge < -0.3 is 15.5 Å². The highest BCUT2D eigenvalue weighted by molar-refractivity contribution is 6.33. The number of hydrogen-bond donors (Lipinski definition) is 2. The van der Waals surface area contributed by atoms with Gasteiger partial charge in [-0.1, -0.05) is 41.9 Å². The lowest BCUT2D eigenvalue weighted by Crippen LogP contribution is -2.54. The molecule has 1 heterocycles. The van der Waals surface area contributed by atoms with E-state index in [2.05, 4.69) is 10.6 Å². The number of benzene rings is 2. The fraction of sp³-hybridized carbons (Fsp3) is 0.391.